The molecule has 1 heterocycles. The topological polar surface area (TPSA) is 128 Å². The molecule has 0 radical (unpaired) electrons. The van der Waals surface area contributed by atoms with Crippen molar-refractivity contribution in [2.75, 3.05) is 6.61 Å². The molecule has 1 aliphatic rings. The molecule has 1 aliphatic heterocycles. The molecule has 198 valence electrons. The first-order valence-electron chi connectivity index (χ1n) is 11.9. The van der Waals surface area contributed by atoms with Gasteiger partial charge in [0.2, 0.25) is 0 Å². The van der Waals surface area contributed by atoms with Gasteiger partial charge in [-0.1, -0.05) is 54.2 Å². The number of amides is 1. The third kappa shape index (κ3) is 6.60. The van der Waals surface area contributed by atoms with Crippen molar-refractivity contribution in [1.82, 2.24) is 0 Å². The first kappa shape index (κ1) is 27.3. The van der Waals surface area contributed by atoms with Crippen LogP contribution in [-0.2, 0) is 16.1 Å². The quantitative estimate of drug-likeness (QED) is 0.202. The maximum absolute atomic E-state index is 12.8. The Balaban J connectivity index is 1.54. The van der Waals surface area contributed by atoms with Gasteiger partial charge in [-0.05, 0) is 54.8 Å². The number of nitro benzene ring substituents is 1. The number of nitro groups is 1. The summed E-state index contributed by atoms with van der Waals surface area (Å²) in [6.07, 6.45) is 1.66. The molecule has 39 heavy (non-hydrogen) atoms. The summed E-state index contributed by atoms with van der Waals surface area (Å²) in [4.78, 5) is 40.4. The van der Waals surface area contributed by atoms with Gasteiger partial charge in [-0.15, -0.1) is 0 Å². The van der Waals surface area contributed by atoms with Crippen LogP contribution in [0.15, 0.2) is 94.0 Å². The maximum atomic E-state index is 12.8. The first-order valence-corrected chi connectivity index (χ1v) is 12.7. The van der Waals surface area contributed by atoms with Crippen molar-refractivity contribution in [2.24, 2.45) is 4.99 Å². The van der Waals surface area contributed by atoms with Crippen LogP contribution in [0.1, 0.15) is 34.0 Å². The van der Waals surface area contributed by atoms with E-state index in [1.807, 2.05) is 6.07 Å². The number of ether oxygens (including phenoxy) is 2. The number of non-ortho nitro benzene ring substituents is 1. The highest BCUT2D eigenvalue weighted by Gasteiger charge is 2.34. The van der Waals surface area contributed by atoms with Gasteiger partial charge >= 0.3 is 5.97 Å². The van der Waals surface area contributed by atoms with Crippen LogP contribution >= 0.6 is 11.8 Å². The number of aliphatic imine (C=N–C) groups is 1. The molecule has 1 amide bonds. The number of aryl methyl sites for hydroxylation is 1. The molecular weight excluding hydrogens is 520 g/mol. The van der Waals surface area contributed by atoms with E-state index in [-0.39, 0.29) is 35.3 Å². The van der Waals surface area contributed by atoms with Crippen LogP contribution in [0.4, 0.5) is 5.69 Å². The Kier molecular flexibility index (Phi) is 8.57. The Morgan fingerprint density at radius 3 is 2.51 bits per heavy atom. The smallest absolute Gasteiger partial charge is 0.344 e. The summed E-state index contributed by atoms with van der Waals surface area (Å²) in [5.41, 5.74) is 2.32. The minimum Gasteiger partial charge on any atom is -0.506 e. The number of benzene rings is 3. The molecule has 0 saturated heterocycles. The summed E-state index contributed by atoms with van der Waals surface area (Å²) < 4.78 is 10.8. The van der Waals surface area contributed by atoms with E-state index in [1.165, 1.54) is 12.1 Å². The van der Waals surface area contributed by atoms with Crippen molar-refractivity contribution >= 4 is 40.4 Å². The summed E-state index contributed by atoms with van der Waals surface area (Å²) in [5, 5.41) is 21.9. The third-order valence-electron chi connectivity index (χ3n) is 5.65. The van der Waals surface area contributed by atoms with E-state index in [9.17, 15) is 24.8 Å². The maximum Gasteiger partial charge on any atom is 0.344 e. The second-order valence-electron chi connectivity index (χ2n) is 8.38. The molecule has 0 fully saturated rings. The lowest BCUT2D eigenvalue weighted by Gasteiger charge is -2.07. The van der Waals surface area contributed by atoms with E-state index >= 15 is 0 Å². The van der Waals surface area contributed by atoms with Gasteiger partial charge in [0.25, 0.3) is 11.6 Å². The number of aliphatic hydroxyl groups is 1. The molecule has 0 spiro atoms. The number of hydrogen-bond donors (Lipinski definition) is 1. The average Bonchev–Trinajstić information content (AvgIpc) is 3.22. The van der Waals surface area contributed by atoms with Gasteiger partial charge in [0, 0.05) is 17.7 Å². The van der Waals surface area contributed by atoms with Gasteiger partial charge in [0.1, 0.15) is 28.7 Å². The Morgan fingerprint density at radius 1 is 1.08 bits per heavy atom. The predicted octanol–water partition coefficient (Wildman–Crippen LogP) is 6.18. The molecule has 0 saturated carbocycles. The second-order valence-corrected chi connectivity index (χ2v) is 9.41. The van der Waals surface area contributed by atoms with Crippen molar-refractivity contribution in [1.29, 1.82) is 0 Å². The number of carbonyl (C=O) groups excluding carboxylic acids is 2. The largest absolute Gasteiger partial charge is 0.506 e. The lowest BCUT2D eigenvalue weighted by atomic mass is 10.1. The molecular formula is C29H24N2O7S. The predicted molar refractivity (Wildman–Crippen MR) is 149 cm³/mol. The fourth-order valence-electron chi connectivity index (χ4n) is 3.70. The SMILES string of the molecule is CCOC(=O)C1=C(O)/C(=C/c2ccc(OCc3cccc([N+](=O)[O-])c3)cc2)SC1=NC(=O)c1ccccc1C. The molecule has 1 N–H and O–H groups in total. The highest BCUT2D eigenvalue weighted by molar-refractivity contribution is 8.18. The average molecular weight is 545 g/mol. The van der Waals surface area contributed by atoms with E-state index in [1.54, 1.807) is 74.5 Å². The summed E-state index contributed by atoms with van der Waals surface area (Å²) in [6.45, 7) is 3.68. The van der Waals surface area contributed by atoms with Gasteiger partial charge in [-0.25, -0.2) is 9.79 Å². The normalized spacial score (nSPS) is 15.0. The van der Waals surface area contributed by atoms with Crippen LogP contribution < -0.4 is 4.74 Å². The fourth-order valence-corrected chi connectivity index (χ4v) is 4.71. The van der Waals surface area contributed by atoms with Crippen LogP contribution in [0.2, 0.25) is 0 Å². The van der Waals surface area contributed by atoms with Gasteiger partial charge in [-0.2, -0.15) is 0 Å². The fraction of sp³-hybridized carbons (Fsp3) is 0.138. The number of rotatable bonds is 8. The van der Waals surface area contributed by atoms with Crippen molar-refractivity contribution < 1.29 is 29.1 Å². The molecule has 3 aromatic carbocycles. The van der Waals surface area contributed by atoms with Crippen LogP contribution in [-0.4, -0.2) is 33.6 Å². The van der Waals surface area contributed by atoms with Gasteiger partial charge in [-0.3, -0.25) is 14.9 Å². The van der Waals surface area contributed by atoms with Gasteiger partial charge < -0.3 is 14.6 Å². The summed E-state index contributed by atoms with van der Waals surface area (Å²) in [7, 11) is 0. The van der Waals surface area contributed by atoms with E-state index in [0.29, 0.717) is 27.3 Å². The lowest BCUT2D eigenvalue weighted by Crippen LogP contribution is -2.14. The van der Waals surface area contributed by atoms with Crippen LogP contribution in [0.3, 0.4) is 0 Å². The standard InChI is InChI=1S/C29H24N2O7S/c1-3-37-29(34)25-26(32)24(39-28(25)30-27(33)23-10-5-4-7-18(23)2)16-19-11-13-22(14-12-19)38-17-20-8-6-9-21(15-20)31(35)36/h4-16,32H,3,17H2,1-2H3/b24-16-,30-28?. The van der Waals surface area contributed by atoms with Crippen molar-refractivity contribution in [3.63, 3.8) is 0 Å². The number of carbonyl (C=O) groups is 2. The Hall–Kier alpha value is -4.70. The van der Waals surface area contributed by atoms with Gasteiger partial charge in [0.05, 0.1) is 16.4 Å². The zero-order valence-corrected chi connectivity index (χ0v) is 21.9. The highest BCUT2D eigenvalue weighted by Crippen LogP contribution is 2.39. The van der Waals surface area contributed by atoms with E-state index in [4.69, 9.17) is 9.47 Å². The Labute approximate surface area is 228 Å². The zero-order valence-electron chi connectivity index (χ0n) is 21.1. The molecule has 0 unspecified atom stereocenters. The van der Waals surface area contributed by atoms with Crippen LogP contribution in [0, 0.1) is 17.0 Å². The molecule has 0 aliphatic carbocycles. The molecule has 9 nitrogen and oxygen atoms in total. The monoisotopic (exact) mass is 544 g/mol. The van der Waals surface area contributed by atoms with E-state index in [0.717, 1.165) is 17.3 Å². The minimum absolute atomic E-state index is 0.00861. The molecule has 4 rings (SSSR count). The summed E-state index contributed by atoms with van der Waals surface area (Å²) in [5.74, 6) is -1.08. The number of esters is 1. The Morgan fingerprint density at radius 2 is 1.82 bits per heavy atom. The molecule has 3 aromatic rings. The summed E-state index contributed by atoms with van der Waals surface area (Å²) in [6, 6.07) is 20.1. The third-order valence-corrected chi connectivity index (χ3v) is 6.67. The lowest BCUT2D eigenvalue weighted by molar-refractivity contribution is -0.384. The van der Waals surface area contributed by atoms with Gasteiger partial charge in [0.15, 0.2) is 0 Å². The second kappa shape index (κ2) is 12.2. The number of aliphatic hydroxyl groups excluding tert-OH is 1. The van der Waals surface area contributed by atoms with E-state index in [2.05, 4.69) is 4.99 Å². The first-order chi connectivity index (χ1) is 18.8. The Bertz CT molecular complexity index is 1520. The van der Waals surface area contributed by atoms with Crippen LogP contribution in [0.25, 0.3) is 6.08 Å². The molecule has 0 bridgehead atoms. The summed E-state index contributed by atoms with van der Waals surface area (Å²) >= 11 is 0.999. The van der Waals surface area contributed by atoms with Crippen molar-refractivity contribution in [2.45, 2.75) is 20.5 Å². The van der Waals surface area contributed by atoms with Crippen molar-refractivity contribution in [3.8, 4) is 5.75 Å². The van der Waals surface area contributed by atoms with E-state index < -0.39 is 16.8 Å². The molecule has 0 atom stereocenters. The van der Waals surface area contributed by atoms with Crippen LogP contribution in [0.5, 0.6) is 5.75 Å². The number of thioether (sulfide) groups is 1. The minimum atomic E-state index is -0.771. The highest BCUT2D eigenvalue weighted by atomic mass is 32.2. The number of hydrogen-bond acceptors (Lipinski definition) is 8. The zero-order chi connectivity index (χ0) is 27.9. The molecule has 10 heteroatoms. The number of nitrogens with zero attached hydrogens (tertiary/aromatic N) is 2. The molecule has 0 aromatic heterocycles. The van der Waals surface area contributed by atoms with Crippen molar-refractivity contribution in [3.05, 3.63) is 121 Å².